The van der Waals surface area contributed by atoms with E-state index in [2.05, 4.69) is 16.0 Å². The van der Waals surface area contributed by atoms with Crippen molar-refractivity contribution in [2.45, 2.75) is 102 Å². The average molecular weight is 766 g/mol. The van der Waals surface area contributed by atoms with Crippen LogP contribution in [-0.4, -0.2) is 108 Å². The first-order valence-electron chi connectivity index (χ1n) is 18.9. The molecule has 1 aliphatic heterocycles. The number of carbonyl (C=O) groups excluding carboxylic acids is 6. The topological polar surface area (TPSA) is 197 Å². The summed E-state index contributed by atoms with van der Waals surface area (Å²) < 4.78 is 0. The summed E-state index contributed by atoms with van der Waals surface area (Å²) in [7, 11) is 1.55. The third-order valence-electron chi connectivity index (χ3n) is 9.59. The maximum atomic E-state index is 14.5. The lowest BCUT2D eigenvalue weighted by Crippen LogP contribution is -2.59. The van der Waals surface area contributed by atoms with Crippen LogP contribution >= 0.6 is 11.8 Å². The second-order valence-corrected chi connectivity index (χ2v) is 15.3. The van der Waals surface area contributed by atoms with Gasteiger partial charge in [0.15, 0.2) is 0 Å². The zero-order valence-electron chi connectivity index (χ0n) is 32.1. The number of likely N-dealkylation sites (N-methyl/N-ethyl adjacent to an activating group) is 1. The number of nitrogens with one attached hydrogen (secondary N) is 3. The molecule has 296 valence electrons. The maximum absolute atomic E-state index is 14.5. The number of unbranched alkanes of at least 4 members (excludes halogenated alkanes) is 1. The van der Waals surface area contributed by atoms with Crippen LogP contribution in [0.3, 0.4) is 0 Å². The van der Waals surface area contributed by atoms with Gasteiger partial charge in [-0.1, -0.05) is 74.5 Å². The van der Waals surface area contributed by atoms with Crippen molar-refractivity contribution in [3.63, 3.8) is 0 Å². The molecular formula is C40H59N7O6S. The molecule has 2 aromatic rings. The number of rotatable bonds is 22. The van der Waals surface area contributed by atoms with E-state index < -0.39 is 59.7 Å². The summed E-state index contributed by atoms with van der Waals surface area (Å²) in [4.78, 5) is 84.4. The average Bonchev–Trinajstić information content (AvgIpc) is 3.65. The molecule has 5 atom stereocenters. The van der Waals surface area contributed by atoms with Crippen LogP contribution < -0.4 is 27.4 Å². The molecule has 0 aliphatic carbocycles. The Hall–Kier alpha value is -4.43. The number of carbonyl (C=O) groups is 6. The van der Waals surface area contributed by atoms with E-state index in [1.807, 2.05) is 80.8 Å². The van der Waals surface area contributed by atoms with Crippen molar-refractivity contribution >= 4 is 47.2 Å². The number of nitrogens with zero attached hydrogens (tertiary/aromatic N) is 2. The van der Waals surface area contributed by atoms with Crippen LogP contribution in [0.25, 0.3) is 0 Å². The van der Waals surface area contributed by atoms with Gasteiger partial charge in [0.2, 0.25) is 35.4 Å². The molecule has 1 aliphatic rings. The van der Waals surface area contributed by atoms with E-state index >= 15 is 0 Å². The van der Waals surface area contributed by atoms with Crippen LogP contribution in [0, 0.1) is 5.92 Å². The van der Waals surface area contributed by atoms with Gasteiger partial charge in [-0.25, -0.2) is 0 Å². The Morgan fingerprint density at radius 2 is 1.44 bits per heavy atom. The third kappa shape index (κ3) is 13.8. The predicted molar refractivity (Wildman–Crippen MR) is 212 cm³/mol. The highest BCUT2D eigenvalue weighted by molar-refractivity contribution is 7.98. The summed E-state index contributed by atoms with van der Waals surface area (Å²) in [5.41, 5.74) is 12.8. The summed E-state index contributed by atoms with van der Waals surface area (Å²) in [5, 5.41) is 8.56. The van der Waals surface area contributed by atoms with Crippen molar-refractivity contribution in [3.05, 3.63) is 71.8 Å². The quantitative estimate of drug-likeness (QED) is 0.112. The molecule has 5 unspecified atom stereocenters. The highest BCUT2D eigenvalue weighted by Crippen LogP contribution is 2.24. The van der Waals surface area contributed by atoms with Gasteiger partial charge in [0.25, 0.3) is 0 Å². The van der Waals surface area contributed by atoms with Crippen molar-refractivity contribution in [1.82, 2.24) is 25.8 Å². The Labute approximate surface area is 324 Å². The molecule has 3 rings (SSSR count). The second kappa shape index (κ2) is 22.7. The fourth-order valence-electron chi connectivity index (χ4n) is 6.63. The molecule has 54 heavy (non-hydrogen) atoms. The van der Waals surface area contributed by atoms with E-state index in [9.17, 15) is 28.8 Å². The zero-order valence-corrected chi connectivity index (χ0v) is 32.9. The molecule has 14 heteroatoms. The first kappa shape index (κ1) is 44.0. The van der Waals surface area contributed by atoms with Gasteiger partial charge in [-0.05, 0) is 74.1 Å². The molecule has 0 saturated carbocycles. The van der Waals surface area contributed by atoms with E-state index in [1.54, 1.807) is 7.05 Å². The molecule has 1 fully saturated rings. The Morgan fingerprint density at radius 1 is 0.852 bits per heavy atom. The van der Waals surface area contributed by atoms with Gasteiger partial charge in [0, 0.05) is 32.9 Å². The minimum absolute atomic E-state index is 0.0333. The number of amides is 6. The SMILES string of the molecule is CSCCC(NC(=O)C(CC(C)C)N(C)C(=O)C1CCCN1C(=O)C(Cc1ccccc1)NC(=O)C(Cc1ccccc1)NC(=O)CCCCN)C(N)=O. The standard InChI is InChI=1S/C40H59N7O6S/c1-27(2)24-34(38(51)44-30(36(42)49)20-23-54-4)46(3)40(53)33-18-13-22-47(33)39(52)32(26-29-16-9-6-10-17-29)45-37(50)31(25-28-14-7-5-8-15-28)43-35(48)19-11-12-21-41/h5-10,14-17,27,30-34H,11-13,18-26,41H2,1-4H3,(H2,42,49)(H,43,48)(H,44,51)(H,45,50). The summed E-state index contributed by atoms with van der Waals surface area (Å²) in [6.45, 7) is 4.62. The van der Waals surface area contributed by atoms with Crippen LogP contribution in [0.4, 0.5) is 0 Å². The maximum Gasteiger partial charge on any atom is 0.246 e. The van der Waals surface area contributed by atoms with Crippen molar-refractivity contribution in [2.75, 3.05) is 32.1 Å². The smallest absolute Gasteiger partial charge is 0.246 e. The number of primary amides is 1. The van der Waals surface area contributed by atoms with Crippen molar-refractivity contribution in [1.29, 1.82) is 0 Å². The number of benzene rings is 2. The van der Waals surface area contributed by atoms with E-state index in [1.165, 1.54) is 21.6 Å². The van der Waals surface area contributed by atoms with E-state index in [0.717, 1.165) is 11.1 Å². The molecule has 6 amide bonds. The number of thioether (sulfide) groups is 1. The van der Waals surface area contributed by atoms with Crippen LogP contribution in [0.15, 0.2) is 60.7 Å². The van der Waals surface area contributed by atoms with Crippen LogP contribution in [0.1, 0.15) is 69.9 Å². The molecule has 0 aromatic heterocycles. The van der Waals surface area contributed by atoms with Crippen molar-refractivity contribution in [3.8, 4) is 0 Å². The third-order valence-corrected chi connectivity index (χ3v) is 10.2. The summed E-state index contributed by atoms with van der Waals surface area (Å²) >= 11 is 1.53. The van der Waals surface area contributed by atoms with Crippen LogP contribution in [-0.2, 0) is 41.6 Å². The lowest BCUT2D eigenvalue weighted by Gasteiger charge is -2.35. The summed E-state index contributed by atoms with van der Waals surface area (Å²) in [6.07, 6.45) is 5.36. The largest absolute Gasteiger partial charge is 0.368 e. The normalized spacial score (nSPS) is 16.2. The van der Waals surface area contributed by atoms with Gasteiger partial charge in [-0.15, -0.1) is 0 Å². The first-order valence-corrected chi connectivity index (χ1v) is 20.3. The molecular weight excluding hydrogens is 707 g/mol. The Bertz CT molecular complexity index is 1530. The fraction of sp³-hybridized carbons (Fsp3) is 0.550. The van der Waals surface area contributed by atoms with E-state index in [4.69, 9.17) is 11.5 Å². The van der Waals surface area contributed by atoms with Gasteiger partial charge in [-0.2, -0.15) is 11.8 Å². The zero-order chi connectivity index (χ0) is 39.6. The number of hydrogen-bond donors (Lipinski definition) is 5. The van der Waals surface area contributed by atoms with Gasteiger partial charge in [-0.3, -0.25) is 28.8 Å². The molecule has 1 heterocycles. The second-order valence-electron chi connectivity index (χ2n) is 14.3. The van der Waals surface area contributed by atoms with Crippen LogP contribution in [0.2, 0.25) is 0 Å². The molecule has 1 saturated heterocycles. The highest BCUT2D eigenvalue weighted by Gasteiger charge is 2.42. The van der Waals surface area contributed by atoms with E-state index in [0.29, 0.717) is 50.8 Å². The molecule has 0 radical (unpaired) electrons. The van der Waals surface area contributed by atoms with Gasteiger partial charge >= 0.3 is 0 Å². The van der Waals surface area contributed by atoms with Gasteiger partial charge in [0.1, 0.15) is 30.2 Å². The monoisotopic (exact) mass is 765 g/mol. The molecule has 2 aromatic carbocycles. The Balaban J connectivity index is 1.87. The van der Waals surface area contributed by atoms with Crippen molar-refractivity contribution in [2.24, 2.45) is 17.4 Å². The molecule has 0 bridgehead atoms. The van der Waals surface area contributed by atoms with Crippen LogP contribution in [0.5, 0.6) is 0 Å². The lowest BCUT2D eigenvalue weighted by atomic mass is 9.99. The van der Waals surface area contributed by atoms with E-state index in [-0.39, 0.29) is 37.6 Å². The Kier molecular flexibility index (Phi) is 18.5. The predicted octanol–water partition coefficient (Wildman–Crippen LogP) is 2.16. The lowest BCUT2D eigenvalue weighted by molar-refractivity contribution is -0.148. The fourth-order valence-corrected chi connectivity index (χ4v) is 7.10. The highest BCUT2D eigenvalue weighted by atomic mass is 32.2. The molecule has 13 nitrogen and oxygen atoms in total. The number of nitrogens with two attached hydrogens (primary N) is 2. The first-order chi connectivity index (χ1) is 25.9. The minimum Gasteiger partial charge on any atom is -0.368 e. The summed E-state index contributed by atoms with van der Waals surface area (Å²) in [5.74, 6) is -2.12. The number of likely N-dealkylation sites (tertiary alicyclic amines) is 1. The minimum atomic E-state index is -1.05. The molecule has 0 spiro atoms. The number of hydrogen-bond acceptors (Lipinski definition) is 8. The van der Waals surface area contributed by atoms with Gasteiger partial charge in [0.05, 0.1) is 0 Å². The van der Waals surface area contributed by atoms with Crippen molar-refractivity contribution < 1.29 is 28.8 Å². The molecule has 7 N–H and O–H groups in total. The van der Waals surface area contributed by atoms with Gasteiger partial charge < -0.3 is 37.2 Å². The Morgan fingerprint density at radius 3 is 2.00 bits per heavy atom. The summed E-state index contributed by atoms with van der Waals surface area (Å²) in [6, 6.07) is 13.9.